The first-order valence-corrected chi connectivity index (χ1v) is 7.50. The fourth-order valence-corrected chi connectivity index (χ4v) is 1.88. The first-order valence-electron chi connectivity index (χ1n) is 6.30. The van der Waals surface area contributed by atoms with E-state index in [4.69, 9.17) is 0 Å². The van der Waals surface area contributed by atoms with Gasteiger partial charge in [0, 0.05) is 11.8 Å². The first-order chi connectivity index (χ1) is 9.74. The van der Waals surface area contributed by atoms with Crippen molar-refractivity contribution < 1.29 is 28.5 Å². The summed E-state index contributed by atoms with van der Waals surface area (Å²) in [6.07, 6.45) is 4.41. The van der Waals surface area contributed by atoms with E-state index in [1.165, 1.54) is 18.9 Å². The Labute approximate surface area is 129 Å². The number of unbranched alkanes of at least 4 members (excludes halogenated alkanes) is 1. The maximum atomic E-state index is 10.2. The quantitative estimate of drug-likeness (QED) is 0.524. The van der Waals surface area contributed by atoms with Crippen molar-refractivity contribution in [3.05, 3.63) is 54.7 Å². The molecule has 0 aliphatic rings. The van der Waals surface area contributed by atoms with E-state index in [-0.39, 0.29) is 4.30 Å². The molecule has 0 radical (unpaired) electrons. The van der Waals surface area contributed by atoms with Gasteiger partial charge in [0.15, 0.2) is 0 Å². The Morgan fingerprint density at radius 3 is 2.35 bits per heavy atom. The molecule has 4 heteroatoms. The molecule has 3 nitrogen and oxygen atoms in total. The first kappa shape index (κ1) is 16.4. The van der Waals surface area contributed by atoms with Crippen molar-refractivity contribution in [3.8, 4) is 11.3 Å². The molecule has 0 spiro atoms. The summed E-state index contributed by atoms with van der Waals surface area (Å²) >= 11 is 1.53. The minimum atomic E-state index is 0.159. The smallest absolute Gasteiger partial charge is 0.0701 e. The van der Waals surface area contributed by atoms with Crippen LogP contribution in [0.25, 0.3) is 11.3 Å². The van der Waals surface area contributed by atoms with Gasteiger partial charge in [-0.1, -0.05) is 36.4 Å². The van der Waals surface area contributed by atoms with Crippen LogP contribution in [0.2, 0.25) is 0 Å². The number of hydrogen-bond donors (Lipinski definition) is 0. The van der Waals surface area contributed by atoms with E-state index in [2.05, 4.69) is 17.1 Å². The van der Waals surface area contributed by atoms with Crippen LogP contribution in [0, 0.1) is 0 Å². The van der Waals surface area contributed by atoms with Gasteiger partial charge in [0.1, 0.15) is 0 Å². The molecule has 1 aromatic heterocycles. The summed E-state index contributed by atoms with van der Waals surface area (Å²) in [6.45, 7) is 0. The molecular formula is C16H16IrNO2. The third-order valence-corrected chi connectivity index (χ3v) is 3.02. The molecule has 20 heavy (non-hydrogen) atoms. The number of nitrogens with zero attached hydrogens (tertiary/aromatic N) is 1. The molecule has 2 aromatic rings. The molecule has 0 unspecified atom stereocenters. The summed E-state index contributed by atoms with van der Waals surface area (Å²) in [5.41, 5.74) is 2.19. The molecule has 2 rings (SSSR count). The van der Waals surface area contributed by atoms with Crippen LogP contribution < -0.4 is 0 Å². The van der Waals surface area contributed by atoms with Crippen molar-refractivity contribution in [2.24, 2.45) is 0 Å². The van der Waals surface area contributed by atoms with E-state index in [1.54, 1.807) is 0 Å². The van der Waals surface area contributed by atoms with Crippen molar-refractivity contribution in [3.63, 3.8) is 0 Å². The molecule has 0 bridgehead atoms. The Hall–Kier alpha value is -1.64. The topological polar surface area (TPSA) is 47.0 Å². The Kier molecular flexibility index (Phi) is 8.36. The predicted molar refractivity (Wildman–Crippen MR) is 74.6 cm³/mol. The van der Waals surface area contributed by atoms with Crippen molar-refractivity contribution in [1.29, 1.82) is 0 Å². The van der Waals surface area contributed by atoms with E-state index in [0.29, 0.717) is 19.3 Å². The Bertz CT molecular complexity index is 477. The summed E-state index contributed by atoms with van der Waals surface area (Å²) in [6, 6.07) is 16.1. The van der Waals surface area contributed by atoms with Gasteiger partial charge >= 0.3 is 58.3 Å². The number of hydrogen-bond acceptors (Lipinski definition) is 3. The van der Waals surface area contributed by atoms with Gasteiger partial charge in [-0.2, -0.15) is 0 Å². The van der Waals surface area contributed by atoms with Crippen LogP contribution in [0.1, 0.15) is 19.3 Å². The second-order valence-electron chi connectivity index (χ2n) is 3.97. The minimum Gasteiger partial charge on any atom is -0.256 e. The second-order valence-corrected chi connectivity index (χ2v) is 5.31. The van der Waals surface area contributed by atoms with Crippen molar-refractivity contribution in [2.75, 3.05) is 0 Å². The van der Waals surface area contributed by atoms with Crippen LogP contribution in [0.3, 0.4) is 0 Å². The molecule has 1 heterocycles. The number of carbonyl (C=O) groups excluding carboxylic acids is 2. The van der Waals surface area contributed by atoms with Gasteiger partial charge in [0.2, 0.25) is 0 Å². The van der Waals surface area contributed by atoms with Gasteiger partial charge in [-0.3, -0.25) is 4.98 Å². The monoisotopic (exact) mass is 447 g/mol. The number of aromatic nitrogens is 1. The molecule has 0 N–H and O–H groups in total. The molecule has 0 fully saturated rings. The van der Waals surface area contributed by atoms with Crippen LogP contribution in [0.15, 0.2) is 54.7 Å². The van der Waals surface area contributed by atoms with Crippen molar-refractivity contribution in [2.45, 2.75) is 19.3 Å². The zero-order valence-electron chi connectivity index (χ0n) is 11.0. The zero-order valence-corrected chi connectivity index (χ0v) is 13.4. The fraction of sp³-hybridized carbons (Fsp3) is 0.188. The summed E-state index contributed by atoms with van der Waals surface area (Å²) < 4.78 is 0.159. The van der Waals surface area contributed by atoms with Crippen LogP contribution in [0.4, 0.5) is 0 Å². The number of benzene rings is 1. The number of pyridine rings is 1. The summed E-state index contributed by atoms with van der Waals surface area (Å²) in [4.78, 5) is 24.1. The van der Waals surface area contributed by atoms with E-state index >= 15 is 0 Å². The maximum Gasteiger partial charge on any atom is 0.0701 e. The molecule has 0 atom stereocenters. The van der Waals surface area contributed by atoms with Gasteiger partial charge in [-0.15, -0.1) is 0 Å². The van der Waals surface area contributed by atoms with Gasteiger partial charge < -0.3 is 0 Å². The van der Waals surface area contributed by atoms with E-state index in [0.717, 1.165) is 17.5 Å². The Morgan fingerprint density at radius 2 is 1.80 bits per heavy atom. The van der Waals surface area contributed by atoms with Crippen LogP contribution in [-0.4, -0.2) is 15.6 Å². The average Bonchev–Trinajstić information content (AvgIpc) is 2.50. The largest absolute Gasteiger partial charge is 0.256 e. The second kappa shape index (κ2) is 10.2. The number of aldehydes is 1. The van der Waals surface area contributed by atoms with Gasteiger partial charge in [-0.25, -0.2) is 0 Å². The minimum absolute atomic E-state index is 0.159. The summed E-state index contributed by atoms with van der Waals surface area (Å²) in [7, 11) is 0. The fourth-order valence-electron chi connectivity index (χ4n) is 1.46. The molecule has 0 aliphatic heterocycles. The molecule has 106 valence electrons. The van der Waals surface area contributed by atoms with Crippen LogP contribution in [0.5, 0.6) is 0 Å². The van der Waals surface area contributed by atoms with Crippen molar-refractivity contribution >= 4 is 10.6 Å². The van der Waals surface area contributed by atoms with Crippen LogP contribution in [-0.2, 0) is 28.5 Å². The summed E-state index contributed by atoms with van der Waals surface area (Å²) in [5, 5.41) is 0. The van der Waals surface area contributed by atoms with Gasteiger partial charge in [-0.05, 0) is 12.1 Å². The third-order valence-electron chi connectivity index (χ3n) is 2.42. The van der Waals surface area contributed by atoms with Crippen molar-refractivity contribution in [1.82, 2.24) is 4.98 Å². The zero-order chi connectivity index (χ0) is 14.6. The Balaban J connectivity index is 0.000000221. The van der Waals surface area contributed by atoms with E-state index in [9.17, 15) is 9.59 Å². The van der Waals surface area contributed by atoms with E-state index in [1.807, 2.05) is 42.6 Å². The normalized spacial score (nSPS) is 9.30. The SMILES string of the molecule is O=CCCC[C](=O)[Ir].c1ccc(-c2ccccn2)cc1. The van der Waals surface area contributed by atoms with E-state index < -0.39 is 0 Å². The van der Waals surface area contributed by atoms with Gasteiger partial charge in [0.05, 0.1) is 5.69 Å². The molecule has 0 saturated carbocycles. The molecule has 0 aliphatic carbocycles. The van der Waals surface area contributed by atoms with Gasteiger partial charge in [0.25, 0.3) is 0 Å². The molecular weight excluding hydrogens is 430 g/mol. The van der Waals surface area contributed by atoms with Crippen LogP contribution >= 0.6 is 0 Å². The Morgan fingerprint density at radius 1 is 1.10 bits per heavy atom. The summed E-state index contributed by atoms with van der Waals surface area (Å²) in [5.74, 6) is 0. The maximum absolute atomic E-state index is 10.2. The third kappa shape index (κ3) is 7.07. The number of rotatable bonds is 5. The molecule has 0 amide bonds. The molecule has 1 aromatic carbocycles. The standard InChI is InChI=1S/C11H9N.C5H7O2.Ir/c1-2-6-10(7-3-1)11-8-4-5-9-12-11;6-4-2-1-3-5-7;/h1-9H;4H,1-3H2;. The predicted octanol–water partition coefficient (Wildman–Crippen LogP) is 3.18. The molecule has 0 saturated heterocycles. The number of carbonyl (C=O) groups is 2. The average molecular weight is 447 g/mol.